The lowest BCUT2D eigenvalue weighted by Crippen LogP contribution is -2.54. The largest absolute Gasteiger partial charge is 0.490 e. The van der Waals surface area contributed by atoms with Crippen molar-refractivity contribution in [2.75, 3.05) is 11.5 Å². The summed E-state index contributed by atoms with van der Waals surface area (Å²) in [5.41, 5.74) is 3.25. The van der Waals surface area contributed by atoms with Gasteiger partial charge in [-0.05, 0) is 78.3 Å². The van der Waals surface area contributed by atoms with Gasteiger partial charge in [-0.25, -0.2) is 0 Å². The molecule has 0 atom stereocenters. The number of hydrogen-bond acceptors (Lipinski definition) is 6. The third kappa shape index (κ3) is 6.80. The topological polar surface area (TPSA) is 77.1 Å². The van der Waals surface area contributed by atoms with Crippen LogP contribution >= 0.6 is 12.2 Å². The molecule has 0 aromatic heterocycles. The molecule has 0 aliphatic carbocycles. The zero-order valence-corrected chi connectivity index (χ0v) is 23.2. The van der Waals surface area contributed by atoms with Crippen LogP contribution in [0.5, 0.6) is 17.2 Å². The van der Waals surface area contributed by atoms with E-state index in [-0.39, 0.29) is 10.7 Å². The number of carbonyl (C=O) groups excluding carboxylic acids is 2. The molecule has 2 amide bonds. The predicted molar refractivity (Wildman–Crippen MR) is 162 cm³/mol. The first-order valence-electron chi connectivity index (χ1n) is 13.1. The zero-order valence-electron chi connectivity index (χ0n) is 22.4. The van der Waals surface area contributed by atoms with E-state index in [0.29, 0.717) is 48.3 Å². The molecule has 1 saturated heterocycles. The Morgan fingerprint density at radius 1 is 0.756 bits per heavy atom. The second kappa shape index (κ2) is 12.9. The van der Waals surface area contributed by atoms with E-state index in [9.17, 15) is 9.59 Å². The molecule has 0 spiro atoms. The van der Waals surface area contributed by atoms with Gasteiger partial charge in [-0.15, -0.1) is 0 Å². The fourth-order valence-electron chi connectivity index (χ4n) is 4.23. The van der Waals surface area contributed by atoms with E-state index in [1.807, 2.05) is 61.5 Å². The molecule has 1 N–H and O–H groups in total. The number of amides is 2. The van der Waals surface area contributed by atoms with Crippen molar-refractivity contribution >= 4 is 40.9 Å². The smallest absolute Gasteiger partial charge is 0.270 e. The van der Waals surface area contributed by atoms with Gasteiger partial charge in [0.25, 0.3) is 11.8 Å². The molecule has 0 saturated carbocycles. The van der Waals surface area contributed by atoms with Crippen molar-refractivity contribution in [3.63, 3.8) is 0 Å². The normalized spacial score (nSPS) is 14.1. The Morgan fingerprint density at radius 2 is 1.44 bits per heavy atom. The second-order valence-electron chi connectivity index (χ2n) is 9.14. The average Bonchev–Trinajstić information content (AvgIpc) is 2.99. The number of nitrogens with one attached hydrogen (secondary N) is 1. The molecule has 1 fully saturated rings. The van der Waals surface area contributed by atoms with E-state index in [4.69, 9.17) is 26.4 Å². The van der Waals surface area contributed by atoms with Crippen molar-refractivity contribution in [2.24, 2.45) is 0 Å². The minimum absolute atomic E-state index is 0.00542. The van der Waals surface area contributed by atoms with Crippen LogP contribution in [-0.2, 0) is 22.8 Å². The Labute approximate surface area is 244 Å². The van der Waals surface area contributed by atoms with E-state index in [1.54, 1.807) is 54.6 Å². The molecule has 5 rings (SSSR count). The molecule has 0 radical (unpaired) electrons. The summed E-state index contributed by atoms with van der Waals surface area (Å²) in [6, 6.07) is 31.8. The van der Waals surface area contributed by atoms with Gasteiger partial charge in [-0.1, -0.05) is 66.7 Å². The lowest BCUT2D eigenvalue weighted by molar-refractivity contribution is -0.122. The van der Waals surface area contributed by atoms with Gasteiger partial charge in [-0.2, -0.15) is 0 Å². The van der Waals surface area contributed by atoms with Crippen molar-refractivity contribution in [2.45, 2.75) is 20.1 Å². The van der Waals surface area contributed by atoms with Crippen LogP contribution < -0.4 is 24.4 Å². The summed E-state index contributed by atoms with van der Waals surface area (Å²) in [6.07, 6.45) is 1.54. The van der Waals surface area contributed by atoms with Gasteiger partial charge in [0.2, 0.25) is 0 Å². The molecule has 1 aliphatic heterocycles. The maximum Gasteiger partial charge on any atom is 0.270 e. The Kier molecular flexibility index (Phi) is 8.71. The van der Waals surface area contributed by atoms with E-state index in [2.05, 4.69) is 5.32 Å². The van der Waals surface area contributed by atoms with Crippen LogP contribution in [0.4, 0.5) is 5.69 Å². The lowest BCUT2D eigenvalue weighted by Gasteiger charge is -2.28. The fourth-order valence-corrected chi connectivity index (χ4v) is 4.51. The van der Waals surface area contributed by atoms with Gasteiger partial charge >= 0.3 is 0 Å². The Balaban J connectivity index is 1.24. The van der Waals surface area contributed by atoms with Crippen LogP contribution in [0.1, 0.15) is 23.6 Å². The molecular formula is C33H28N2O5S. The van der Waals surface area contributed by atoms with Crippen LogP contribution in [0, 0.1) is 0 Å². The summed E-state index contributed by atoms with van der Waals surface area (Å²) in [4.78, 5) is 27.0. The van der Waals surface area contributed by atoms with E-state index in [0.717, 1.165) is 11.1 Å². The number of thiocarbonyl (C=S) groups is 1. The summed E-state index contributed by atoms with van der Waals surface area (Å²) in [6.45, 7) is 3.21. The standard InChI is InChI=1S/C33H28N2O5S/c1-2-38-30-20-25(15-18-29(30)40-21-24-9-5-3-6-10-24)22-39-27-16-13-23(14-17-27)19-28-31(36)34-33(41)35(32(28)37)26-11-7-4-8-12-26/h3-20H,2,21-22H2,1H3,(H,34,36,41)/b28-19-. The Morgan fingerprint density at radius 3 is 2.15 bits per heavy atom. The fraction of sp³-hybridized carbons (Fsp3) is 0.121. The molecule has 0 bridgehead atoms. The molecule has 8 heteroatoms. The maximum atomic E-state index is 13.2. The molecular weight excluding hydrogens is 536 g/mol. The minimum atomic E-state index is -0.534. The van der Waals surface area contributed by atoms with Crippen molar-refractivity contribution in [1.29, 1.82) is 0 Å². The lowest BCUT2D eigenvalue weighted by atomic mass is 10.1. The quantitative estimate of drug-likeness (QED) is 0.143. The molecule has 4 aromatic carbocycles. The number of nitrogens with zero attached hydrogens (tertiary/aromatic N) is 1. The van der Waals surface area contributed by atoms with Crippen molar-refractivity contribution in [1.82, 2.24) is 5.32 Å². The molecule has 41 heavy (non-hydrogen) atoms. The summed E-state index contributed by atoms with van der Waals surface area (Å²) in [7, 11) is 0. The first-order valence-corrected chi connectivity index (χ1v) is 13.5. The zero-order chi connectivity index (χ0) is 28.6. The Hall–Kier alpha value is -4.95. The molecule has 7 nitrogen and oxygen atoms in total. The van der Waals surface area contributed by atoms with Gasteiger partial charge in [0.15, 0.2) is 16.6 Å². The van der Waals surface area contributed by atoms with Crippen molar-refractivity contribution in [3.05, 3.63) is 125 Å². The first kappa shape index (κ1) is 27.6. The summed E-state index contributed by atoms with van der Waals surface area (Å²) in [5.74, 6) is 0.956. The molecule has 1 aliphatic rings. The summed E-state index contributed by atoms with van der Waals surface area (Å²) < 4.78 is 17.8. The highest BCUT2D eigenvalue weighted by atomic mass is 32.1. The van der Waals surface area contributed by atoms with Crippen LogP contribution in [0.15, 0.2) is 109 Å². The van der Waals surface area contributed by atoms with Gasteiger partial charge in [0.05, 0.1) is 12.3 Å². The number of para-hydroxylation sites is 1. The van der Waals surface area contributed by atoms with Crippen molar-refractivity contribution < 1.29 is 23.8 Å². The van der Waals surface area contributed by atoms with Gasteiger partial charge in [-0.3, -0.25) is 19.8 Å². The number of rotatable bonds is 10. The molecule has 4 aromatic rings. The molecule has 0 unspecified atom stereocenters. The van der Waals surface area contributed by atoms with E-state index >= 15 is 0 Å². The number of ether oxygens (including phenoxy) is 3. The van der Waals surface area contributed by atoms with Crippen LogP contribution in [0.2, 0.25) is 0 Å². The number of benzene rings is 4. The third-order valence-corrected chi connectivity index (χ3v) is 6.54. The van der Waals surface area contributed by atoms with Gasteiger partial charge < -0.3 is 14.2 Å². The number of hydrogen-bond donors (Lipinski definition) is 1. The molecule has 206 valence electrons. The van der Waals surface area contributed by atoms with Crippen molar-refractivity contribution in [3.8, 4) is 17.2 Å². The molecule has 1 heterocycles. The third-order valence-electron chi connectivity index (χ3n) is 6.26. The maximum absolute atomic E-state index is 13.2. The van der Waals surface area contributed by atoms with E-state index < -0.39 is 11.8 Å². The highest BCUT2D eigenvalue weighted by molar-refractivity contribution is 7.80. The summed E-state index contributed by atoms with van der Waals surface area (Å²) >= 11 is 5.24. The monoisotopic (exact) mass is 564 g/mol. The Bertz CT molecular complexity index is 1570. The van der Waals surface area contributed by atoms with Gasteiger partial charge in [0, 0.05) is 0 Å². The highest BCUT2D eigenvalue weighted by Crippen LogP contribution is 2.30. The van der Waals surface area contributed by atoms with Crippen LogP contribution in [0.3, 0.4) is 0 Å². The predicted octanol–water partition coefficient (Wildman–Crippen LogP) is 6.07. The summed E-state index contributed by atoms with van der Waals surface area (Å²) in [5, 5.41) is 2.65. The van der Waals surface area contributed by atoms with E-state index in [1.165, 1.54) is 4.90 Å². The second-order valence-corrected chi connectivity index (χ2v) is 9.53. The van der Waals surface area contributed by atoms with Crippen LogP contribution in [-0.4, -0.2) is 23.5 Å². The number of carbonyl (C=O) groups is 2. The van der Waals surface area contributed by atoms with Crippen LogP contribution in [0.25, 0.3) is 6.08 Å². The SMILES string of the molecule is CCOc1cc(COc2ccc(/C=C3/C(=O)NC(=S)N(c4ccccc4)C3=O)cc2)ccc1OCc1ccccc1. The first-order chi connectivity index (χ1) is 20.0. The average molecular weight is 565 g/mol. The van der Waals surface area contributed by atoms with Gasteiger partial charge in [0.1, 0.15) is 24.5 Å². The number of anilines is 1. The minimum Gasteiger partial charge on any atom is -0.490 e. The highest BCUT2D eigenvalue weighted by Gasteiger charge is 2.34.